The van der Waals surface area contributed by atoms with Crippen molar-refractivity contribution >= 4 is 24.0 Å². The molecule has 1 amide bonds. The molecule has 1 fully saturated rings. The zero-order valence-corrected chi connectivity index (χ0v) is 22.9. The molecule has 3 aromatic carbocycles. The first kappa shape index (κ1) is 26.5. The summed E-state index contributed by atoms with van der Waals surface area (Å²) in [5.41, 5.74) is 6.50. The zero-order chi connectivity index (χ0) is 27.7. The third-order valence-corrected chi connectivity index (χ3v) is 7.40. The summed E-state index contributed by atoms with van der Waals surface area (Å²) in [6.07, 6.45) is 0.434. The van der Waals surface area contributed by atoms with Crippen molar-refractivity contribution in [2.24, 2.45) is 0 Å². The number of fused-ring (bicyclic) bond motifs is 3. The van der Waals surface area contributed by atoms with Gasteiger partial charge in [0.1, 0.15) is 18.5 Å². The molecule has 202 valence electrons. The van der Waals surface area contributed by atoms with Gasteiger partial charge >= 0.3 is 12.1 Å². The van der Waals surface area contributed by atoms with E-state index in [-0.39, 0.29) is 18.6 Å². The minimum Gasteiger partial charge on any atom is -0.456 e. The number of aldehydes is 1. The van der Waals surface area contributed by atoms with E-state index < -0.39 is 11.6 Å². The largest absolute Gasteiger partial charge is 0.456 e. The highest BCUT2D eigenvalue weighted by molar-refractivity contribution is 5.95. The first-order chi connectivity index (χ1) is 18.7. The van der Waals surface area contributed by atoms with Gasteiger partial charge < -0.3 is 19.3 Å². The lowest BCUT2D eigenvalue weighted by Gasteiger charge is -2.36. The van der Waals surface area contributed by atoms with Gasteiger partial charge in [0, 0.05) is 43.3 Å². The highest BCUT2D eigenvalue weighted by atomic mass is 16.6. The van der Waals surface area contributed by atoms with Gasteiger partial charge in [-0.2, -0.15) is 0 Å². The maximum absolute atomic E-state index is 13.0. The molecule has 3 aromatic rings. The molecule has 0 atom stereocenters. The van der Waals surface area contributed by atoms with Crippen molar-refractivity contribution < 1.29 is 23.9 Å². The Balaban J connectivity index is 1.24. The number of anilines is 1. The number of carbonyl (C=O) groups excluding carboxylic acids is 3. The van der Waals surface area contributed by atoms with Crippen molar-refractivity contribution in [2.75, 3.05) is 37.7 Å². The van der Waals surface area contributed by atoms with Crippen molar-refractivity contribution in [1.29, 1.82) is 0 Å². The molecule has 1 saturated heterocycles. The predicted molar refractivity (Wildman–Crippen MR) is 151 cm³/mol. The van der Waals surface area contributed by atoms with Crippen LogP contribution in [0.3, 0.4) is 0 Å². The van der Waals surface area contributed by atoms with Gasteiger partial charge in [-0.3, -0.25) is 4.79 Å². The van der Waals surface area contributed by atoms with Gasteiger partial charge in [-0.25, -0.2) is 9.59 Å². The number of amides is 1. The number of benzene rings is 3. The van der Waals surface area contributed by atoms with E-state index in [1.165, 1.54) is 22.3 Å². The van der Waals surface area contributed by atoms with Gasteiger partial charge in [-0.15, -0.1) is 0 Å². The minimum atomic E-state index is -0.641. The number of ether oxygens (including phenoxy) is 2. The van der Waals surface area contributed by atoms with Gasteiger partial charge in [0.25, 0.3) is 0 Å². The minimum absolute atomic E-state index is 0.0163. The highest BCUT2D eigenvalue weighted by Crippen LogP contribution is 2.44. The van der Waals surface area contributed by atoms with Crippen molar-refractivity contribution in [3.8, 4) is 11.1 Å². The standard InChI is InChI=1S/C32H34N2O5/c1-21-23(19-35)17-22(30(36)39-32(2,3)4)18-29(21)33-13-15-34(16-14-33)31(37)38-20-28-26-11-7-5-9-24(26)25-10-6-8-12-27(25)28/h5-12,17-19,28H,13-16,20H2,1-4H3. The molecule has 1 heterocycles. The Bertz CT molecular complexity index is 1370. The lowest BCUT2D eigenvalue weighted by atomic mass is 9.98. The van der Waals surface area contributed by atoms with Gasteiger partial charge in [0.05, 0.1) is 5.56 Å². The number of piperazine rings is 1. The van der Waals surface area contributed by atoms with Gasteiger partial charge in [0.15, 0.2) is 0 Å². The lowest BCUT2D eigenvalue weighted by molar-refractivity contribution is 0.00694. The maximum Gasteiger partial charge on any atom is 0.409 e. The normalized spacial score (nSPS) is 15.0. The summed E-state index contributed by atoms with van der Waals surface area (Å²) in [6, 6.07) is 19.9. The Morgan fingerprint density at radius 3 is 2.08 bits per heavy atom. The average Bonchev–Trinajstić information content (AvgIpc) is 3.24. The molecule has 39 heavy (non-hydrogen) atoms. The van der Waals surface area contributed by atoms with Crippen LogP contribution < -0.4 is 4.90 Å². The van der Waals surface area contributed by atoms with Crippen LogP contribution >= 0.6 is 0 Å². The lowest BCUT2D eigenvalue weighted by Crippen LogP contribution is -2.49. The number of esters is 1. The molecule has 7 nitrogen and oxygen atoms in total. The van der Waals surface area contributed by atoms with Crippen molar-refractivity contribution in [1.82, 2.24) is 4.90 Å². The first-order valence-corrected chi connectivity index (χ1v) is 13.3. The number of carbonyl (C=O) groups is 3. The van der Waals surface area contributed by atoms with Crippen LogP contribution in [-0.2, 0) is 9.47 Å². The van der Waals surface area contributed by atoms with Crippen LogP contribution in [0.1, 0.15) is 64.1 Å². The third-order valence-electron chi connectivity index (χ3n) is 7.40. The Labute approximate surface area is 229 Å². The van der Waals surface area contributed by atoms with Crippen LogP contribution in [0, 0.1) is 6.92 Å². The van der Waals surface area contributed by atoms with Crippen LogP contribution in [-0.4, -0.2) is 61.6 Å². The fourth-order valence-corrected chi connectivity index (χ4v) is 5.44. The predicted octanol–water partition coefficient (Wildman–Crippen LogP) is 5.83. The smallest absolute Gasteiger partial charge is 0.409 e. The summed E-state index contributed by atoms with van der Waals surface area (Å²) in [5, 5.41) is 0. The molecule has 0 unspecified atom stereocenters. The third kappa shape index (κ3) is 5.39. The van der Waals surface area contributed by atoms with Crippen molar-refractivity contribution in [3.05, 3.63) is 88.5 Å². The molecule has 0 spiro atoms. The fraction of sp³-hybridized carbons (Fsp3) is 0.344. The number of rotatable bonds is 5. The fourth-order valence-electron chi connectivity index (χ4n) is 5.44. The van der Waals surface area contributed by atoms with E-state index >= 15 is 0 Å². The molecule has 0 N–H and O–H groups in total. The topological polar surface area (TPSA) is 76.2 Å². The second kappa shape index (κ2) is 10.6. The molecule has 2 aliphatic rings. The molecular formula is C32H34N2O5. The number of nitrogens with zero attached hydrogens (tertiary/aromatic N) is 2. The summed E-state index contributed by atoms with van der Waals surface area (Å²) in [6.45, 7) is 9.65. The number of hydrogen-bond acceptors (Lipinski definition) is 6. The molecule has 0 radical (unpaired) electrons. The Hall–Kier alpha value is -4.13. The molecule has 1 aliphatic heterocycles. The molecule has 0 bridgehead atoms. The van der Waals surface area contributed by atoms with E-state index in [0.29, 0.717) is 37.3 Å². The van der Waals surface area contributed by atoms with Crippen LogP contribution in [0.4, 0.5) is 10.5 Å². The van der Waals surface area contributed by atoms with E-state index in [9.17, 15) is 14.4 Å². The Kier molecular flexibility index (Phi) is 7.17. The van der Waals surface area contributed by atoms with Gasteiger partial charge in [-0.1, -0.05) is 48.5 Å². The molecule has 1 aliphatic carbocycles. The van der Waals surface area contributed by atoms with Gasteiger partial charge in [-0.05, 0) is 67.6 Å². The van der Waals surface area contributed by atoms with Crippen LogP contribution in [0.25, 0.3) is 11.1 Å². The van der Waals surface area contributed by atoms with E-state index in [4.69, 9.17) is 9.47 Å². The second-order valence-electron chi connectivity index (χ2n) is 11.1. The summed E-state index contributed by atoms with van der Waals surface area (Å²) >= 11 is 0. The molecular weight excluding hydrogens is 492 g/mol. The summed E-state index contributed by atoms with van der Waals surface area (Å²) in [4.78, 5) is 41.3. The van der Waals surface area contributed by atoms with Crippen molar-refractivity contribution in [2.45, 2.75) is 39.2 Å². The summed E-state index contributed by atoms with van der Waals surface area (Å²) in [7, 11) is 0. The van der Waals surface area contributed by atoms with Gasteiger partial charge in [0.2, 0.25) is 0 Å². The Morgan fingerprint density at radius 1 is 0.923 bits per heavy atom. The van der Waals surface area contributed by atoms with E-state index in [0.717, 1.165) is 17.5 Å². The molecule has 0 saturated carbocycles. The van der Waals surface area contributed by atoms with E-state index in [1.54, 1.807) is 17.0 Å². The second-order valence-corrected chi connectivity index (χ2v) is 11.1. The average molecular weight is 527 g/mol. The van der Waals surface area contributed by atoms with E-state index in [2.05, 4.69) is 29.2 Å². The van der Waals surface area contributed by atoms with Crippen LogP contribution in [0.5, 0.6) is 0 Å². The number of hydrogen-bond donors (Lipinski definition) is 0. The summed E-state index contributed by atoms with van der Waals surface area (Å²) < 4.78 is 11.4. The summed E-state index contributed by atoms with van der Waals surface area (Å²) in [5.74, 6) is -0.452. The van der Waals surface area contributed by atoms with E-state index in [1.807, 2.05) is 52.0 Å². The SMILES string of the molecule is Cc1c(C=O)cc(C(=O)OC(C)(C)C)cc1N1CCN(C(=O)OCC2c3ccccc3-c3ccccc32)CC1. The maximum atomic E-state index is 13.0. The van der Waals surface area contributed by atoms with Crippen molar-refractivity contribution in [3.63, 3.8) is 0 Å². The zero-order valence-electron chi connectivity index (χ0n) is 22.9. The monoisotopic (exact) mass is 526 g/mol. The van der Waals surface area contributed by atoms with Crippen LogP contribution in [0.2, 0.25) is 0 Å². The first-order valence-electron chi connectivity index (χ1n) is 13.3. The highest BCUT2D eigenvalue weighted by Gasteiger charge is 2.31. The molecule has 0 aromatic heterocycles. The quantitative estimate of drug-likeness (QED) is 0.307. The molecule has 5 rings (SSSR count). The Morgan fingerprint density at radius 2 is 1.51 bits per heavy atom. The molecule has 7 heteroatoms. The van der Waals surface area contributed by atoms with Crippen LogP contribution in [0.15, 0.2) is 60.7 Å².